The van der Waals surface area contributed by atoms with Gasteiger partial charge in [-0.05, 0) is 47.9 Å². The van der Waals surface area contributed by atoms with E-state index in [0.29, 0.717) is 30.4 Å². The molecule has 2 aromatic rings. The zero-order chi connectivity index (χ0) is 22.2. The lowest BCUT2D eigenvalue weighted by Gasteiger charge is -2.35. The summed E-state index contributed by atoms with van der Waals surface area (Å²) in [5, 5.41) is 8.52. The van der Waals surface area contributed by atoms with Crippen molar-refractivity contribution in [3.63, 3.8) is 0 Å². The minimum absolute atomic E-state index is 0. The van der Waals surface area contributed by atoms with Crippen LogP contribution in [0.15, 0.2) is 54.6 Å². The van der Waals surface area contributed by atoms with Crippen molar-refractivity contribution in [1.29, 1.82) is 0 Å². The molecule has 0 atom stereocenters. The van der Waals surface area contributed by atoms with E-state index in [0.717, 1.165) is 13.1 Å². The number of halogens is 1. The minimum Gasteiger partial charge on any atom is -0.368 e. The van der Waals surface area contributed by atoms with E-state index >= 15 is 0 Å². The number of nitrogens with one attached hydrogen (secondary N) is 1. The first-order chi connectivity index (χ1) is 15.0. The topological polar surface area (TPSA) is 85.8 Å². The molecule has 2 amide bonds. The Hall–Kier alpha value is -3.16. The second kappa shape index (κ2) is 12.0. The molecule has 0 saturated carbocycles. The molecule has 7 nitrogen and oxygen atoms in total. The number of hydroxylamine groups is 1. The highest BCUT2D eigenvalue weighted by Crippen LogP contribution is 2.21. The van der Waals surface area contributed by atoms with Crippen molar-refractivity contribution in [1.82, 2.24) is 15.4 Å². The first-order valence-corrected chi connectivity index (χ1v) is 10.4. The standard InChI is InChI=1S/C24H28N4O3.ClH/c1-18(2)19-6-10-22(11-7-19)27-14-16-28(17-15-27)24(30)13-9-21-5-3-4-20(25-21)8-12-23(29)26-31;/h3-13,18,31H,14-17H2,1-2H3,(H,26,29);1H/b12-8+,13-9+;. The molecule has 0 radical (unpaired) electrons. The number of aromatic nitrogens is 1. The number of rotatable bonds is 6. The summed E-state index contributed by atoms with van der Waals surface area (Å²) in [6.07, 6.45) is 5.86. The Morgan fingerprint density at radius 3 is 2.12 bits per heavy atom. The summed E-state index contributed by atoms with van der Waals surface area (Å²) in [6.45, 7) is 7.30. The van der Waals surface area contributed by atoms with Gasteiger partial charge in [0, 0.05) is 44.0 Å². The number of anilines is 1. The minimum atomic E-state index is -0.632. The fraction of sp³-hybridized carbons (Fsp3) is 0.292. The quantitative estimate of drug-likeness (QED) is 0.394. The van der Waals surface area contributed by atoms with Crippen LogP contribution in [0.4, 0.5) is 5.69 Å². The van der Waals surface area contributed by atoms with Crippen LogP contribution >= 0.6 is 12.4 Å². The Bertz CT molecular complexity index is 965. The molecule has 2 N–H and O–H groups in total. The Labute approximate surface area is 194 Å². The van der Waals surface area contributed by atoms with Crippen molar-refractivity contribution in [2.24, 2.45) is 0 Å². The summed E-state index contributed by atoms with van der Waals surface area (Å²) < 4.78 is 0. The molecule has 170 valence electrons. The van der Waals surface area contributed by atoms with Crippen LogP contribution in [0, 0.1) is 0 Å². The maximum Gasteiger partial charge on any atom is 0.267 e. The van der Waals surface area contributed by atoms with Gasteiger partial charge in [0.15, 0.2) is 0 Å². The third-order valence-corrected chi connectivity index (χ3v) is 5.22. The molecule has 1 aliphatic heterocycles. The van der Waals surface area contributed by atoms with Crippen molar-refractivity contribution >= 4 is 42.1 Å². The van der Waals surface area contributed by atoms with E-state index in [1.54, 1.807) is 24.3 Å². The Morgan fingerprint density at radius 1 is 0.969 bits per heavy atom. The average Bonchev–Trinajstić information content (AvgIpc) is 2.81. The molecular weight excluding hydrogens is 428 g/mol. The van der Waals surface area contributed by atoms with E-state index in [1.165, 1.54) is 35.0 Å². The van der Waals surface area contributed by atoms with Crippen LogP contribution in [-0.2, 0) is 9.59 Å². The predicted molar refractivity (Wildman–Crippen MR) is 129 cm³/mol. The van der Waals surface area contributed by atoms with Gasteiger partial charge in [0.05, 0.1) is 11.4 Å². The van der Waals surface area contributed by atoms with Crippen LogP contribution in [-0.4, -0.2) is 53.1 Å². The SMILES string of the molecule is CC(C)c1ccc(N2CCN(C(=O)/C=C/c3cccc(/C=C/C(=O)NO)n3)CC2)cc1.Cl. The highest BCUT2D eigenvalue weighted by Gasteiger charge is 2.19. The Balaban J connectivity index is 0.00000363. The number of pyridine rings is 1. The van der Waals surface area contributed by atoms with E-state index in [4.69, 9.17) is 5.21 Å². The molecule has 1 fully saturated rings. The number of hydrogen-bond donors (Lipinski definition) is 2. The van der Waals surface area contributed by atoms with Crippen molar-refractivity contribution < 1.29 is 14.8 Å². The number of benzene rings is 1. The first-order valence-electron chi connectivity index (χ1n) is 10.4. The second-order valence-corrected chi connectivity index (χ2v) is 7.69. The summed E-state index contributed by atoms with van der Waals surface area (Å²) in [5.74, 6) is -0.160. The summed E-state index contributed by atoms with van der Waals surface area (Å²) in [4.78, 5) is 32.1. The van der Waals surface area contributed by atoms with Crippen molar-refractivity contribution in [2.75, 3.05) is 31.1 Å². The number of amides is 2. The lowest BCUT2D eigenvalue weighted by atomic mass is 10.0. The summed E-state index contributed by atoms with van der Waals surface area (Å²) in [5.41, 5.74) is 5.21. The van der Waals surface area contributed by atoms with Gasteiger partial charge >= 0.3 is 0 Å². The Kier molecular flexibility index (Phi) is 9.43. The smallest absolute Gasteiger partial charge is 0.267 e. The molecule has 8 heteroatoms. The predicted octanol–water partition coefficient (Wildman–Crippen LogP) is 3.51. The van der Waals surface area contributed by atoms with Crippen molar-refractivity contribution in [3.8, 4) is 0 Å². The second-order valence-electron chi connectivity index (χ2n) is 7.69. The maximum absolute atomic E-state index is 12.6. The van der Waals surface area contributed by atoms with Gasteiger partial charge in [-0.25, -0.2) is 10.5 Å². The molecule has 2 heterocycles. The fourth-order valence-corrected chi connectivity index (χ4v) is 3.37. The molecular formula is C24H29ClN4O3. The molecule has 0 bridgehead atoms. The zero-order valence-electron chi connectivity index (χ0n) is 18.3. The lowest BCUT2D eigenvalue weighted by Crippen LogP contribution is -2.48. The lowest BCUT2D eigenvalue weighted by molar-refractivity contribution is -0.126. The molecule has 3 rings (SSSR count). The Morgan fingerprint density at radius 2 is 1.56 bits per heavy atom. The highest BCUT2D eigenvalue weighted by molar-refractivity contribution is 5.92. The van der Waals surface area contributed by atoms with E-state index in [9.17, 15) is 9.59 Å². The molecule has 1 aromatic heterocycles. The molecule has 1 saturated heterocycles. The van der Waals surface area contributed by atoms with Crippen LogP contribution in [0.3, 0.4) is 0 Å². The molecule has 32 heavy (non-hydrogen) atoms. The zero-order valence-corrected chi connectivity index (χ0v) is 19.1. The van der Waals surface area contributed by atoms with Gasteiger partial charge in [-0.2, -0.15) is 0 Å². The number of carbonyl (C=O) groups is 2. The van der Waals surface area contributed by atoms with E-state index in [-0.39, 0.29) is 18.3 Å². The third-order valence-electron chi connectivity index (χ3n) is 5.22. The monoisotopic (exact) mass is 456 g/mol. The van der Waals surface area contributed by atoms with Gasteiger partial charge in [0.25, 0.3) is 5.91 Å². The summed E-state index contributed by atoms with van der Waals surface area (Å²) in [7, 11) is 0. The van der Waals surface area contributed by atoms with Gasteiger partial charge in [0.1, 0.15) is 0 Å². The van der Waals surface area contributed by atoms with Crippen LogP contribution in [0.1, 0.15) is 36.7 Å². The molecule has 0 spiro atoms. The molecule has 1 aromatic carbocycles. The van der Waals surface area contributed by atoms with Gasteiger partial charge in [-0.3, -0.25) is 14.8 Å². The number of nitrogens with zero attached hydrogens (tertiary/aromatic N) is 3. The number of piperazine rings is 1. The largest absolute Gasteiger partial charge is 0.368 e. The van der Waals surface area contributed by atoms with Crippen LogP contribution < -0.4 is 10.4 Å². The third kappa shape index (κ3) is 6.93. The number of carbonyl (C=O) groups excluding carboxylic acids is 2. The average molecular weight is 457 g/mol. The van der Waals surface area contributed by atoms with Gasteiger partial charge < -0.3 is 9.80 Å². The molecule has 0 unspecified atom stereocenters. The fourth-order valence-electron chi connectivity index (χ4n) is 3.37. The molecule has 1 aliphatic rings. The van der Waals surface area contributed by atoms with Crippen LogP contribution in [0.2, 0.25) is 0 Å². The summed E-state index contributed by atoms with van der Waals surface area (Å²) in [6, 6.07) is 14.0. The van der Waals surface area contributed by atoms with Crippen LogP contribution in [0.5, 0.6) is 0 Å². The van der Waals surface area contributed by atoms with Gasteiger partial charge in [-0.1, -0.05) is 32.0 Å². The summed E-state index contributed by atoms with van der Waals surface area (Å²) >= 11 is 0. The van der Waals surface area contributed by atoms with Gasteiger partial charge in [0.2, 0.25) is 5.91 Å². The number of hydrogen-bond acceptors (Lipinski definition) is 5. The van der Waals surface area contributed by atoms with E-state index in [2.05, 4.69) is 48.0 Å². The maximum atomic E-state index is 12.6. The molecule has 0 aliphatic carbocycles. The first kappa shape index (κ1) is 25.1. The van der Waals surface area contributed by atoms with E-state index in [1.807, 2.05) is 4.90 Å². The highest BCUT2D eigenvalue weighted by atomic mass is 35.5. The van der Waals surface area contributed by atoms with Crippen LogP contribution in [0.25, 0.3) is 12.2 Å². The van der Waals surface area contributed by atoms with Crippen molar-refractivity contribution in [3.05, 3.63) is 71.6 Å². The van der Waals surface area contributed by atoms with Crippen molar-refractivity contribution in [2.45, 2.75) is 19.8 Å². The van der Waals surface area contributed by atoms with Gasteiger partial charge in [-0.15, -0.1) is 12.4 Å². The normalized spacial score (nSPS) is 14.1. The van der Waals surface area contributed by atoms with E-state index < -0.39 is 5.91 Å².